The number of fused-ring (bicyclic) bond motifs is 7. The Morgan fingerprint density at radius 1 is 0.704 bits per heavy atom. The summed E-state index contributed by atoms with van der Waals surface area (Å²) in [6.07, 6.45) is 0. The molecule has 0 spiro atoms. The van der Waals surface area contributed by atoms with E-state index in [1.165, 1.54) is 0 Å². The summed E-state index contributed by atoms with van der Waals surface area (Å²) in [7, 11) is -4.27. The van der Waals surface area contributed by atoms with E-state index in [4.69, 9.17) is 9.05 Å². The first-order chi connectivity index (χ1) is 12.9. The second-order valence-corrected chi connectivity index (χ2v) is 8.28. The Balaban J connectivity index is 1.99. The molecule has 0 amide bonds. The Bertz CT molecular complexity index is 1200. The van der Waals surface area contributed by atoms with Crippen molar-refractivity contribution in [1.29, 1.82) is 0 Å². The van der Waals surface area contributed by atoms with Gasteiger partial charge in [0.1, 0.15) is 11.5 Å². The largest absolute Gasteiger partial charge is 0.584 e. The second-order valence-electron chi connectivity index (χ2n) is 6.98. The smallest absolute Gasteiger partial charge is 0.395 e. The van der Waals surface area contributed by atoms with Gasteiger partial charge < -0.3 is 9.05 Å². The van der Waals surface area contributed by atoms with Crippen molar-refractivity contribution < 1.29 is 18.5 Å². The molecule has 0 saturated heterocycles. The van der Waals surface area contributed by atoms with E-state index in [0.717, 1.165) is 43.8 Å². The maximum Gasteiger partial charge on any atom is 0.584 e. The third-order valence-corrected chi connectivity index (χ3v) is 5.81. The van der Waals surface area contributed by atoms with Crippen LogP contribution in [-0.4, -0.2) is 4.89 Å². The van der Waals surface area contributed by atoms with Gasteiger partial charge in [-0.1, -0.05) is 59.7 Å². The lowest BCUT2D eigenvalue weighted by Crippen LogP contribution is -1.97. The van der Waals surface area contributed by atoms with Gasteiger partial charge in [-0.25, -0.2) is 4.57 Å². The van der Waals surface area contributed by atoms with Gasteiger partial charge in [0.05, 0.1) is 0 Å². The van der Waals surface area contributed by atoms with Gasteiger partial charge in [-0.05, 0) is 47.5 Å². The summed E-state index contributed by atoms with van der Waals surface area (Å²) in [5.41, 5.74) is 3.86. The molecule has 1 aliphatic rings. The zero-order valence-electron chi connectivity index (χ0n) is 14.9. The number of aryl methyl sites for hydroxylation is 2. The number of benzene rings is 4. The molecule has 0 fully saturated rings. The van der Waals surface area contributed by atoms with Crippen molar-refractivity contribution in [2.45, 2.75) is 13.8 Å². The SMILES string of the molecule is Cc1ccc2c3c(ccc2c1)OP(=O)(O)Oc1ccc2cc(C)ccc2c1-3. The first-order valence-corrected chi connectivity index (χ1v) is 10.2. The molecule has 1 heterocycles. The Labute approximate surface area is 156 Å². The summed E-state index contributed by atoms with van der Waals surface area (Å²) in [6, 6.07) is 19.6. The molecule has 0 radical (unpaired) electrons. The minimum absolute atomic E-state index is 0.351. The number of hydrogen-bond donors (Lipinski definition) is 1. The van der Waals surface area contributed by atoms with Crippen LogP contribution in [0.3, 0.4) is 0 Å². The van der Waals surface area contributed by atoms with Gasteiger partial charge in [-0.3, -0.25) is 4.89 Å². The molecule has 1 N–H and O–H groups in total. The van der Waals surface area contributed by atoms with E-state index in [-0.39, 0.29) is 0 Å². The average Bonchev–Trinajstić information content (AvgIpc) is 2.73. The maximum absolute atomic E-state index is 12.5. The van der Waals surface area contributed by atoms with Crippen LogP contribution in [0.2, 0.25) is 0 Å². The summed E-state index contributed by atoms with van der Waals surface area (Å²) in [6.45, 7) is 4.08. The van der Waals surface area contributed by atoms with Crippen molar-refractivity contribution in [1.82, 2.24) is 0 Å². The van der Waals surface area contributed by atoms with E-state index in [0.29, 0.717) is 11.5 Å². The van der Waals surface area contributed by atoms with Crippen molar-refractivity contribution in [2.75, 3.05) is 0 Å². The van der Waals surface area contributed by atoms with Crippen molar-refractivity contribution in [3.63, 3.8) is 0 Å². The third kappa shape index (κ3) is 2.61. The average molecular weight is 376 g/mol. The zero-order chi connectivity index (χ0) is 18.8. The van der Waals surface area contributed by atoms with Crippen LogP contribution >= 0.6 is 7.82 Å². The number of phosphoric ester groups is 1. The summed E-state index contributed by atoms with van der Waals surface area (Å²) in [4.78, 5) is 10.2. The predicted octanol–water partition coefficient (Wildman–Crippen LogP) is 6.15. The molecule has 0 aromatic heterocycles. The monoisotopic (exact) mass is 376 g/mol. The minimum atomic E-state index is -4.27. The van der Waals surface area contributed by atoms with Crippen LogP contribution in [0.15, 0.2) is 60.7 Å². The van der Waals surface area contributed by atoms with Crippen molar-refractivity contribution >= 4 is 29.4 Å². The first-order valence-electron chi connectivity index (χ1n) is 8.70. The van der Waals surface area contributed by atoms with Crippen LogP contribution in [0.1, 0.15) is 11.1 Å². The maximum atomic E-state index is 12.5. The lowest BCUT2D eigenvalue weighted by Gasteiger charge is -2.14. The van der Waals surface area contributed by atoms with Crippen LogP contribution < -0.4 is 9.05 Å². The lowest BCUT2D eigenvalue weighted by molar-refractivity contribution is 0.294. The van der Waals surface area contributed by atoms with E-state index in [1.54, 1.807) is 12.1 Å². The van der Waals surface area contributed by atoms with Crippen LogP contribution in [0.4, 0.5) is 0 Å². The Hall–Kier alpha value is -2.81. The zero-order valence-corrected chi connectivity index (χ0v) is 15.8. The molecule has 0 atom stereocenters. The fourth-order valence-corrected chi connectivity index (χ4v) is 4.63. The molecule has 134 valence electrons. The molecule has 27 heavy (non-hydrogen) atoms. The molecule has 4 nitrogen and oxygen atoms in total. The third-order valence-electron chi connectivity index (χ3n) is 4.95. The number of hydrogen-bond acceptors (Lipinski definition) is 3. The highest BCUT2D eigenvalue weighted by Gasteiger charge is 2.33. The Kier molecular flexibility index (Phi) is 3.39. The van der Waals surface area contributed by atoms with E-state index in [1.807, 2.05) is 50.2 Å². The van der Waals surface area contributed by atoms with Gasteiger partial charge in [0.25, 0.3) is 0 Å². The van der Waals surface area contributed by atoms with Crippen LogP contribution in [0, 0.1) is 13.8 Å². The van der Waals surface area contributed by atoms with Crippen LogP contribution in [-0.2, 0) is 4.57 Å². The molecule has 0 saturated carbocycles. The highest BCUT2D eigenvalue weighted by molar-refractivity contribution is 7.48. The van der Waals surface area contributed by atoms with E-state index in [2.05, 4.69) is 12.1 Å². The quantitative estimate of drug-likeness (QED) is 0.374. The van der Waals surface area contributed by atoms with E-state index >= 15 is 0 Å². The molecule has 5 heteroatoms. The van der Waals surface area contributed by atoms with Crippen LogP contribution in [0.5, 0.6) is 11.5 Å². The van der Waals surface area contributed by atoms with Gasteiger partial charge in [-0.2, -0.15) is 0 Å². The summed E-state index contributed by atoms with van der Waals surface area (Å²) in [5, 5.41) is 4.00. The highest BCUT2D eigenvalue weighted by atomic mass is 31.2. The van der Waals surface area contributed by atoms with E-state index < -0.39 is 7.82 Å². The summed E-state index contributed by atoms with van der Waals surface area (Å²) >= 11 is 0. The molecular formula is C22H17O4P. The standard InChI is InChI=1S/C22H17O4P/c1-13-3-7-17-15(11-13)5-9-19-21(17)22-18-8-4-14(2)12-16(18)6-10-20(22)26-27(23,24)25-19/h3-12H,1-2H3,(H,23,24). The molecule has 4 aromatic carbocycles. The molecule has 1 aliphatic heterocycles. The van der Waals surface area contributed by atoms with Gasteiger partial charge in [0.2, 0.25) is 0 Å². The Morgan fingerprint density at radius 3 is 1.59 bits per heavy atom. The Morgan fingerprint density at radius 2 is 1.15 bits per heavy atom. The van der Waals surface area contributed by atoms with Crippen molar-refractivity contribution in [3.8, 4) is 22.6 Å². The predicted molar refractivity (Wildman–Crippen MR) is 107 cm³/mol. The van der Waals surface area contributed by atoms with Gasteiger partial charge in [-0.15, -0.1) is 0 Å². The van der Waals surface area contributed by atoms with Gasteiger partial charge >= 0.3 is 7.82 Å². The minimum Gasteiger partial charge on any atom is -0.395 e. The number of rotatable bonds is 0. The fraction of sp³-hybridized carbons (Fsp3) is 0.0909. The first kappa shape index (κ1) is 16.4. The van der Waals surface area contributed by atoms with Crippen molar-refractivity contribution in [3.05, 3.63) is 71.8 Å². The molecule has 5 rings (SSSR count). The fourth-order valence-electron chi connectivity index (χ4n) is 3.79. The molecule has 0 unspecified atom stereocenters. The molecule has 0 aliphatic carbocycles. The molecule has 0 bridgehead atoms. The van der Waals surface area contributed by atoms with Gasteiger partial charge in [0.15, 0.2) is 0 Å². The topological polar surface area (TPSA) is 55.8 Å². The van der Waals surface area contributed by atoms with Crippen molar-refractivity contribution in [2.24, 2.45) is 0 Å². The van der Waals surface area contributed by atoms with Gasteiger partial charge in [0, 0.05) is 11.1 Å². The summed E-state index contributed by atoms with van der Waals surface area (Å²) < 4.78 is 23.3. The van der Waals surface area contributed by atoms with Crippen LogP contribution in [0.25, 0.3) is 32.7 Å². The lowest BCUT2D eigenvalue weighted by atomic mass is 9.91. The molecule has 4 aromatic rings. The second kappa shape index (κ2) is 5.59. The highest BCUT2D eigenvalue weighted by Crippen LogP contribution is 2.56. The summed E-state index contributed by atoms with van der Waals surface area (Å²) in [5.74, 6) is 0.702. The normalized spacial score (nSPS) is 14.8. The van der Waals surface area contributed by atoms with E-state index in [9.17, 15) is 9.46 Å². The number of phosphoric acid groups is 1. The molecular weight excluding hydrogens is 359 g/mol.